The van der Waals surface area contributed by atoms with E-state index in [0.717, 1.165) is 0 Å². The van der Waals surface area contributed by atoms with Crippen LogP contribution in [0.4, 0.5) is 0 Å². The molecule has 1 aliphatic heterocycles. The first-order valence-corrected chi connectivity index (χ1v) is 6.73. The van der Waals surface area contributed by atoms with Gasteiger partial charge in [-0.05, 0) is 24.3 Å². The van der Waals surface area contributed by atoms with Gasteiger partial charge in [0.2, 0.25) is 0 Å². The number of ketones is 1. The molecule has 0 saturated carbocycles. The Kier molecular flexibility index (Phi) is 4.01. The second-order valence-corrected chi connectivity index (χ2v) is 5.41. The first-order chi connectivity index (χ1) is 9.09. The van der Waals surface area contributed by atoms with Crippen LogP contribution in [0, 0.1) is 16.7 Å². The van der Waals surface area contributed by atoms with E-state index in [4.69, 9.17) is 4.74 Å². The van der Waals surface area contributed by atoms with Crippen LogP contribution in [0.1, 0.15) is 48.5 Å². The molecule has 3 heteroatoms. The molecule has 0 radical (unpaired) electrons. The maximum Gasteiger partial charge on any atom is 0.183 e. The Morgan fingerprint density at radius 2 is 1.84 bits per heavy atom. The summed E-state index contributed by atoms with van der Waals surface area (Å²) in [5, 5.41) is 9.39. The molecule has 0 atom stereocenters. The average molecular weight is 257 g/mol. The maximum absolute atomic E-state index is 12.6. The van der Waals surface area contributed by atoms with Gasteiger partial charge in [0, 0.05) is 18.8 Å². The Morgan fingerprint density at radius 3 is 2.32 bits per heavy atom. The first kappa shape index (κ1) is 13.8. The Hall–Kier alpha value is -1.66. The van der Waals surface area contributed by atoms with Crippen molar-refractivity contribution in [2.45, 2.75) is 32.6 Å². The summed E-state index contributed by atoms with van der Waals surface area (Å²) in [6.07, 6.45) is 0.989. The van der Waals surface area contributed by atoms with E-state index in [1.54, 1.807) is 0 Å². The van der Waals surface area contributed by atoms with Gasteiger partial charge >= 0.3 is 0 Å². The molecule has 19 heavy (non-hydrogen) atoms. The van der Waals surface area contributed by atoms with E-state index in [9.17, 15) is 10.1 Å². The summed E-state index contributed by atoms with van der Waals surface area (Å²) >= 11 is 0. The van der Waals surface area contributed by atoms with E-state index >= 15 is 0 Å². The Balaban J connectivity index is 2.25. The minimum absolute atomic E-state index is 0.0615. The normalized spacial score (nSPS) is 18.0. The summed E-state index contributed by atoms with van der Waals surface area (Å²) < 4.78 is 5.26. The summed E-state index contributed by atoms with van der Waals surface area (Å²) in [5.74, 6) is 0.380. The number of Topliss-reactive ketones (excluding diaryl/α,β-unsaturated/α-hetero) is 1. The number of ether oxygens (including phenoxy) is 1. The smallest absolute Gasteiger partial charge is 0.183 e. The summed E-state index contributed by atoms with van der Waals surface area (Å²) in [7, 11) is 0. The van der Waals surface area contributed by atoms with Crippen LogP contribution in [0.15, 0.2) is 24.3 Å². The standard InChI is InChI=1S/C16H19NO2/c1-12(2)13-3-5-14(6-4-13)15(18)16(11-17)7-9-19-10-8-16/h3-6,12H,7-10H2,1-2H3. The predicted octanol–water partition coefficient (Wildman–Crippen LogP) is 3.31. The molecule has 1 fully saturated rings. The van der Waals surface area contributed by atoms with Crippen LogP contribution in [0.2, 0.25) is 0 Å². The van der Waals surface area contributed by atoms with E-state index in [-0.39, 0.29) is 5.78 Å². The third-order valence-electron chi connectivity index (χ3n) is 3.83. The molecule has 1 heterocycles. The highest BCUT2D eigenvalue weighted by Crippen LogP contribution is 2.33. The number of nitrogens with zero attached hydrogens (tertiary/aromatic N) is 1. The van der Waals surface area contributed by atoms with Crippen molar-refractivity contribution in [3.05, 3.63) is 35.4 Å². The van der Waals surface area contributed by atoms with E-state index in [2.05, 4.69) is 19.9 Å². The van der Waals surface area contributed by atoms with Crippen LogP contribution in [-0.4, -0.2) is 19.0 Å². The second-order valence-electron chi connectivity index (χ2n) is 5.41. The molecule has 0 unspecified atom stereocenters. The fourth-order valence-corrected chi connectivity index (χ4v) is 2.41. The molecule has 2 rings (SSSR count). The fraction of sp³-hybridized carbons (Fsp3) is 0.500. The highest BCUT2D eigenvalue weighted by Gasteiger charge is 2.40. The zero-order valence-corrected chi connectivity index (χ0v) is 11.5. The van der Waals surface area contributed by atoms with Crippen LogP contribution in [0.5, 0.6) is 0 Å². The van der Waals surface area contributed by atoms with Crippen molar-refractivity contribution in [1.29, 1.82) is 5.26 Å². The lowest BCUT2D eigenvalue weighted by atomic mass is 9.75. The highest BCUT2D eigenvalue weighted by molar-refractivity contribution is 6.02. The van der Waals surface area contributed by atoms with Crippen LogP contribution in [0.25, 0.3) is 0 Å². The summed E-state index contributed by atoms with van der Waals surface area (Å²) in [6, 6.07) is 9.85. The van der Waals surface area contributed by atoms with Crippen LogP contribution < -0.4 is 0 Å². The van der Waals surface area contributed by atoms with E-state index in [0.29, 0.717) is 37.5 Å². The minimum atomic E-state index is -0.891. The maximum atomic E-state index is 12.6. The number of nitriles is 1. The average Bonchev–Trinajstić information content (AvgIpc) is 2.47. The topological polar surface area (TPSA) is 50.1 Å². The Morgan fingerprint density at radius 1 is 1.26 bits per heavy atom. The monoisotopic (exact) mass is 257 g/mol. The number of carbonyl (C=O) groups excluding carboxylic acids is 1. The Labute approximate surface area is 114 Å². The van der Waals surface area contributed by atoms with Crippen molar-refractivity contribution in [3.8, 4) is 6.07 Å². The molecule has 1 aromatic carbocycles. The number of hydrogen-bond acceptors (Lipinski definition) is 3. The van der Waals surface area contributed by atoms with Gasteiger partial charge in [0.25, 0.3) is 0 Å². The third kappa shape index (κ3) is 2.69. The van der Waals surface area contributed by atoms with E-state index in [1.165, 1.54) is 5.56 Å². The summed E-state index contributed by atoms with van der Waals surface area (Å²) in [6.45, 7) is 5.21. The molecule has 100 valence electrons. The van der Waals surface area contributed by atoms with Crippen molar-refractivity contribution < 1.29 is 9.53 Å². The number of benzene rings is 1. The van der Waals surface area contributed by atoms with Gasteiger partial charge in [-0.25, -0.2) is 0 Å². The SMILES string of the molecule is CC(C)c1ccc(C(=O)C2(C#N)CCOCC2)cc1. The minimum Gasteiger partial charge on any atom is -0.381 e. The molecular weight excluding hydrogens is 238 g/mol. The van der Waals surface area contributed by atoms with E-state index in [1.807, 2.05) is 24.3 Å². The van der Waals surface area contributed by atoms with E-state index < -0.39 is 5.41 Å². The van der Waals surface area contributed by atoms with Crippen LogP contribution >= 0.6 is 0 Å². The van der Waals surface area contributed by atoms with Crippen molar-refractivity contribution >= 4 is 5.78 Å². The quantitative estimate of drug-likeness (QED) is 0.780. The molecule has 3 nitrogen and oxygen atoms in total. The van der Waals surface area contributed by atoms with Gasteiger partial charge in [-0.2, -0.15) is 5.26 Å². The van der Waals surface area contributed by atoms with Gasteiger partial charge in [-0.15, -0.1) is 0 Å². The lowest BCUT2D eigenvalue weighted by molar-refractivity contribution is 0.0355. The molecule has 0 N–H and O–H groups in total. The van der Waals surface area contributed by atoms with Crippen molar-refractivity contribution in [2.75, 3.05) is 13.2 Å². The largest absolute Gasteiger partial charge is 0.381 e. The molecule has 1 aromatic rings. The molecular formula is C16H19NO2. The molecule has 0 spiro atoms. The molecule has 0 aliphatic carbocycles. The number of hydrogen-bond donors (Lipinski definition) is 0. The molecule has 0 bridgehead atoms. The van der Waals surface area contributed by atoms with Gasteiger partial charge in [-0.1, -0.05) is 38.1 Å². The molecule has 1 saturated heterocycles. The van der Waals surface area contributed by atoms with Gasteiger partial charge in [-0.3, -0.25) is 4.79 Å². The van der Waals surface area contributed by atoms with Gasteiger partial charge in [0.1, 0.15) is 5.41 Å². The number of carbonyl (C=O) groups is 1. The van der Waals surface area contributed by atoms with Gasteiger partial charge < -0.3 is 4.74 Å². The van der Waals surface area contributed by atoms with Crippen molar-refractivity contribution in [3.63, 3.8) is 0 Å². The Bertz CT molecular complexity index is 490. The fourth-order valence-electron chi connectivity index (χ4n) is 2.41. The van der Waals surface area contributed by atoms with Crippen LogP contribution in [0.3, 0.4) is 0 Å². The highest BCUT2D eigenvalue weighted by atomic mass is 16.5. The summed E-state index contributed by atoms with van der Waals surface area (Å²) in [5.41, 5.74) is 0.944. The molecule has 1 aliphatic rings. The lowest BCUT2D eigenvalue weighted by Gasteiger charge is -2.29. The lowest BCUT2D eigenvalue weighted by Crippen LogP contribution is -2.36. The zero-order valence-electron chi connectivity index (χ0n) is 11.5. The summed E-state index contributed by atoms with van der Waals surface area (Å²) in [4.78, 5) is 12.6. The van der Waals surface area contributed by atoms with Crippen molar-refractivity contribution in [1.82, 2.24) is 0 Å². The van der Waals surface area contributed by atoms with Gasteiger partial charge in [0.15, 0.2) is 5.78 Å². The van der Waals surface area contributed by atoms with Crippen molar-refractivity contribution in [2.24, 2.45) is 5.41 Å². The molecule has 0 aromatic heterocycles. The third-order valence-corrected chi connectivity index (χ3v) is 3.83. The first-order valence-electron chi connectivity index (χ1n) is 6.73. The zero-order chi connectivity index (χ0) is 13.9. The second kappa shape index (κ2) is 5.54. The molecule has 0 amide bonds. The number of rotatable bonds is 3. The predicted molar refractivity (Wildman–Crippen MR) is 73.0 cm³/mol. The van der Waals surface area contributed by atoms with Gasteiger partial charge in [0.05, 0.1) is 6.07 Å². The van der Waals surface area contributed by atoms with Crippen LogP contribution in [-0.2, 0) is 4.74 Å².